The van der Waals surface area contributed by atoms with Gasteiger partial charge in [-0.25, -0.2) is 4.98 Å². The summed E-state index contributed by atoms with van der Waals surface area (Å²) in [4.78, 5) is 16.1. The van der Waals surface area contributed by atoms with Crippen molar-refractivity contribution < 1.29 is 9.47 Å². The second-order valence-corrected chi connectivity index (χ2v) is 4.56. The van der Waals surface area contributed by atoms with Crippen LogP contribution in [0, 0.1) is 6.92 Å². The fourth-order valence-corrected chi connectivity index (χ4v) is 1.87. The summed E-state index contributed by atoms with van der Waals surface area (Å²) >= 11 is 3.24. The maximum atomic E-state index is 11.9. The van der Waals surface area contributed by atoms with Gasteiger partial charge in [0.2, 0.25) is 0 Å². The van der Waals surface area contributed by atoms with Crippen LogP contribution < -0.4 is 5.56 Å². The van der Waals surface area contributed by atoms with Crippen molar-refractivity contribution in [2.24, 2.45) is 0 Å². The number of hydrogen-bond acceptors (Lipinski definition) is 4. The van der Waals surface area contributed by atoms with Gasteiger partial charge in [0.25, 0.3) is 5.56 Å². The third-order valence-corrected chi connectivity index (χ3v) is 3.38. The van der Waals surface area contributed by atoms with Crippen molar-refractivity contribution in [3.63, 3.8) is 0 Å². The van der Waals surface area contributed by atoms with E-state index in [0.29, 0.717) is 36.3 Å². The van der Waals surface area contributed by atoms with Gasteiger partial charge >= 0.3 is 0 Å². The van der Waals surface area contributed by atoms with E-state index in [2.05, 4.69) is 20.9 Å². The molecule has 0 saturated heterocycles. The van der Waals surface area contributed by atoms with Crippen LogP contribution >= 0.6 is 15.9 Å². The molecule has 0 bridgehead atoms. The van der Waals surface area contributed by atoms with Crippen molar-refractivity contribution in [2.45, 2.75) is 40.0 Å². The van der Waals surface area contributed by atoms with Gasteiger partial charge in [-0.3, -0.25) is 9.36 Å². The number of nitrogens with zero attached hydrogens (tertiary/aromatic N) is 2. The third kappa shape index (κ3) is 4.19. The number of rotatable bonds is 7. The molecule has 1 heterocycles. The minimum Gasteiger partial charge on any atom is -0.353 e. The van der Waals surface area contributed by atoms with E-state index in [1.807, 2.05) is 13.8 Å². The Hall–Kier alpha value is -0.720. The Balaban J connectivity index is 2.67. The molecule has 0 atom stereocenters. The number of aromatic nitrogens is 2. The topological polar surface area (TPSA) is 53.4 Å². The summed E-state index contributed by atoms with van der Waals surface area (Å²) in [6.07, 6.45) is 1.91. The quantitative estimate of drug-likeness (QED) is 0.722. The SMILES string of the molecule is CCOC(CCn1cnc(C)c(Br)c1=O)OCC. The Kier molecular flexibility index (Phi) is 6.52. The first-order chi connectivity index (χ1) is 8.60. The van der Waals surface area contributed by atoms with Crippen LogP contribution in [-0.4, -0.2) is 29.1 Å². The molecule has 5 nitrogen and oxygen atoms in total. The van der Waals surface area contributed by atoms with Crippen molar-refractivity contribution in [3.05, 3.63) is 26.8 Å². The van der Waals surface area contributed by atoms with Gasteiger partial charge in [0, 0.05) is 26.2 Å². The molecule has 0 aliphatic carbocycles. The van der Waals surface area contributed by atoms with Gasteiger partial charge in [0.15, 0.2) is 6.29 Å². The van der Waals surface area contributed by atoms with Crippen LogP contribution in [0.1, 0.15) is 26.0 Å². The molecule has 102 valence electrons. The predicted octanol–water partition coefficient (Wildman–Crippen LogP) is 2.10. The van der Waals surface area contributed by atoms with Crippen molar-refractivity contribution in [3.8, 4) is 0 Å². The number of hydrogen-bond donors (Lipinski definition) is 0. The zero-order valence-corrected chi connectivity index (χ0v) is 12.6. The van der Waals surface area contributed by atoms with E-state index in [1.165, 1.54) is 0 Å². The maximum absolute atomic E-state index is 11.9. The van der Waals surface area contributed by atoms with Crippen LogP contribution in [-0.2, 0) is 16.0 Å². The molecule has 1 aromatic heterocycles. The van der Waals surface area contributed by atoms with Gasteiger partial charge in [-0.1, -0.05) is 0 Å². The predicted molar refractivity (Wildman–Crippen MR) is 72.6 cm³/mol. The lowest BCUT2D eigenvalue weighted by molar-refractivity contribution is -0.141. The van der Waals surface area contributed by atoms with Crippen LogP contribution in [0.15, 0.2) is 15.6 Å². The van der Waals surface area contributed by atoms with Crippen molar-refractivity contribution in [2.75, 3.05) is 13.2 Å². The second-order valence-electron chi connectivity index (χ2n) is 3.77. The molecule has 0 fully saturated rings. The van der Waals surface area contributed by atoms with E-state index in [1.54, 1.807) is 17.8 Å². The molecule has 1 aromatic rings. The summed E-state index contributed by atoms with van der Waals surface area (Å²) in [7, 11) is 0. The zero-order chi connectivity index (χ0) is 13.5. The van der Waals surface area contributed by atoms with Crippen LogP contribution in [0.25, 0.3) is 0 Å². The van der Waals surface area contributed by atoms with E-state index < -0.39 is 0 Å². The van der Waals surface area contributed by atoms with Crippen LogP contribution in [0.3, 0.4) is 0 Å². The molecular weight excluding hydrogens is 300 g/mol. The van der Waals surface area contributed by atoms with E-state index in [9.17, 15) is 4.79 Å². The molecular formula is C12H19BrN2O3. The normalized spacial score (nSPS) is 11.2. The molecule has 0 spiro atoms. The van der Waals surface area contributed by atoms with Crippen molar-refractivity contribution in [1.29, 1.82) is 0 Å². The Morgan fingerprint density at radius 3 is 2.56 bits per heavy atom. The first-order valence-corrected chi connectivity index (χ1v) is 6.84. The average molecular weight is 319 g/mol. The molecule has 0 radical (unpaired) electrons. The Morgan fingerprint density at radius 1 is 1.39 bits per heavy atom. The minimum absolute atomic E-state index is 0.0748. The molecule has 0 aliphatic rings. The molecule has 6 heteroatoms. The number of ether oxygens (including phenoxy) is 2. The maximum Gasteiger partial charge on any atom is 0.267 e. The largest absolute Gasteiger partial charge is 0.353 e. The highest BCUT2D eigenvalue weighted by molar-refractivity contribution is 9.10. The van der Waals surface area contributed by atoms with E-state index >= 15 is 0 Å². The fourth-order valence-electron chi connectivity index (χ4n) is 1.54. The van der Waals surface area contributed by atoms with Crippen LogP contribution in [0.2, 0.25) is 0 Å². The number of aryl methyl sites for hydroxylation is 2. The Morgan fingerprint density at radius 2 is 2.00 bits per heavy atom. The molecule has 0 N–H and O–H groups in total. The monoisotopic (exact) mass is 318 g/mol. The third-order valence-electron chi connectivity index (χ3n) is 2.47. The van der Waals surface area contributed by atoms with Crippen LogP contribution in [0.5, 0.6) is 0 Å². The van der Waals surface area contributed by atoms with E-state index in [-0.39, 0.29) is 11.8 Å². The van der Waals surface area contributed by atoms with Gasteiger partial charge < -0.3 is 9.47 Å². The summed E-state index contributed by atoms with van der Waals surface area (Å²) in [5.74, 6) is 0. The fraction of sp³-hybridized carbons (Fsp3) is 0.667. The minimum atomic E-state index is -0.271. The highest BCUT2D eigenvalue weighted by atomic mass is 79.9. The van der Waals surface area contributed by atoms with Gasteiger partial charge in [0.05, 0.1) is 12.0 Å². The molecule has 0 aromatic carbocycles. The first-order valence-electron chi connectivity index (χ1n) is 6.04. The summed E-state index contributed by atoms with van der Waals surface area (Å²) in [6, 6.07) is 0. The summed E-state index contributed by atoms with van der Waals surface area (Å²) < 4.78 is 12.9. The van der Waals surface area contributed by atoms with Gasteiger partial charge in [-0.2, -0.15) is 0 Å². The highest BCUT2D eigenvalue weighted by Crippen LogP contribution is 2.07. The smallest absolute Gasteiger partial charge is 0.267 e. The van der Waals surface area contributed by atoms with Crippen molar-refractivity contribution >= 4 is 15.9 Å². The zero-order valence-electron chi connectivity index (χ0n) is 11.0. The molecule has 0 amide bonds. The molecule has 18 heavy (non-hydrogen) atoms. The lowest BCUT2D eigenvalue weighted by Gasteiger charge is -2.17. The summed E-state index contributed by atoms with van der Waals surface area (Å²) in [6.45, 7) is 7.34. The van der Waals surface area contributed by atoms with Gasteiger partial charge in [-0.05, 0) is 36.7 Å². The van der Waals surface area contributed by atoms with E-state index in [4.69, 9.17) is 9.47 Å². The standard InChI is InChI=1S/C12H19BrN2O3/c1-4-17-10(18-5-2)6-7-15-8-14-9(3)11(13)12(15)16/h8,10H,4-7H2,1-3H3. The number of halogens is 1. The van der Waals surface area contributed by atoms with Gasteiger partial charge in [0.1, 0.15) is 4.47 Å². The van der Waals surface area contributed by atoms with Crippen molar-refractivity contribution in [1.82, 2.24) is 9.55 Å². The van der Waals surface area contributed by atoms with Crippen LogP contribution in [0.4, 0.5) is 0 Å². The Labute approximate surface area is 115 Å². The average Bonchev–Trinajstić information content (AvgIpc) is 2.35. The second kappa shape index (κ2) is 7.66. The van der Waals surface area contributed by atoms with E-state index in [0.717, 1.165) is 0 Å². The lowest BCUT2D eigenvalue weighted by atomic mass is 10.4. The Bertz CT molecular complexity index is 428. The van der Waals surface area contributed by atoms with Gasteiger partial charge in [-0.15, -0.1) is 0 Å². The molecule has 0 aliphatic heterocycles. The summed E-state index contributed by atoms with van der Waals surface area (Å²) in [5, 5.41) is 0. The summed E-state index contributed by atoms with van der Waals surface area (Å²) in [5.41, 5.74) is 0.622. The molecule has 0 saturated carbocycles. The highest BCUT2D eigenvalue weighted by Gasteiger charge is 2.10. The molecule has 0 unspecified atom stereocenters. The molecule has 1 rings (SSSR count). The first kappa shape index (κ1) is 15.3. The lowest BCUT2D eigenvalue weighted by Crippen LogP contribution is -2.26.